The van der Waals surface area contributed by atoms with Crippen LogP contribution in [0.5, 0.6) is 0 Å². The molecule has 0 amide bonds. The zero-order valence-electron chi connectivity index (χ0n) is 9.27. The zero-order chi connectivity index (χ0) is 11.8. The smallest absolute Gasteiger partial charge is 0.195 e. The minimum Gasteiger partial charge on any atom is -0.299 e. The number of benzene rings is 1. The fourth-order valence-corrected chi connectivity index (χ4v) is 2.19. The van der Waals surface area contributed by atoms with Crippen molar-refractivity contribution >= 4 is 23.1 Å². The van der Waals surface area contributed by atoms with E-state index in [0.29, 0.717) is 4.77 Å². The summed E-state index contributed by atoms with van der Waals surface area (Å²) < 4.78 is 2.55. The number of aromatic amines is 2. The van der Waals surface area contributed by atoms with Crippen molar-refractivity contribution in [3.8, 4) is 11.5 Å². The maximum Gasteiger partial charge on any atom is 0.195 e. The van der Waals surface area contributed by atoms with Crippen molar-refractivity contribution in [2.45, 2.75) is 13.5 Å². The molecule has 5 nitrogen and oxygen atoms in total. The van der Waals surface area contributed by atoms with Crippen LogP contribution in [0.25, 0.3) is 22.4 Å². The summed E-state index contributed by atoms with van der Waals surface area (Å²) in [6, 6.07) is 7.97. The van der Waals surface area contributed by atoms with Gasteiger partial charge in [0.2, 0.25) is 0 Å². The number of rotatable bonds is 2. The van der Waals surface area contributed by atoms with Crippen LogP contribution in [-0.2, 0) is 6.54 Å². The van der Waals surface area contributed by atoms with Gasteiger partial charge in [0.25, 0.3) is 0 Å². The molecule has 0 spiro atoms. The lowest BCUT2D eigenvalue weighted by Crippen LogP contribution is -1.98. The van der Waals surface area contributed by atoms with Crippen molar-refractivity contribution in [2.75, 3.05) is 0 Å². The van der Waals surface area contributed by atoms with Crippen LogP contribution in [-0.4, -0.2) is 25.0 Å². The third-order valence-electron chi connectivity index (χ3n) is 2.76. The lowest BCUT2D eigenvalue weighted by molar-refractivity contribution is 0.753. The minimum atomic E-state index is 0.620. The summed E-state index contributed by atoms with van der Waals surface area (Å²) >= 11 is 5.18. The van der Waals surface area contributed by atoms with Crippen LogP contribution < -0.4 is 0 Å². The Morgan fingerprint density at radius 3 is 2.88 bits per heavy atom. The van der Waals surface area contributed by atoms with Crippen LogP contribution >= 0.6 is 12.2 Å². The summed E-state index contributed by atoms with van der Waals surface area (Å²) in [6.07, 6.45) is 0. The molecule has 0 saturated carbocycles. The largest absolute Gasteiger partial charge is 0.299 e. The van der Waals surface area contributed by atoms with Crippen LogP contribution in [0.4, 0.5) is 0 Å². The molecule has 6 heteroatoms. The second-order valence-corrected chi connectivity index (χ2v) is 4.10. The summed E-state index contributed by atoms with van der Waals surface area (Å²) in [5.41, 5.74) is 1.83. The summed E-state index contributed by atoms with van der Waals surface area (Å²) in [6.45, 7) is 2.80. The number of aromatic nitrogens is 5. The minimum absolute atomic E-state index is 0.620. The van der Waals surface area contributed by atoms with E-state index in [1.807, 2.05) is 35.8 Å². The molecule has 2 heterocycles. The van der Waals surface area contributed by atoms with Gasteiger partial charge in [-0.05, 0) is 25.2 Å². The highest BCUT2D eigenvalue weighted by atomic mass is 32.1. The summed E-state index contributed by atoms with van der Waals surface area (Å²) in [5, 5.41) is 15.4. The van der Waals surface area contributed by atoms with Gasteiger partial charge in [0.15, 0.2) is 10.6 Å². The Balaban J connectivity index is 2.31. The quantitative estimate of drug-likeness (QED) is 0.682. The number of para-hydroxylation sites is 1. The van der Waals surface area contributed by atoms with Gasteiger partial charge in [-0.3, -0.25) is 14.8 Å². The SMILES string of the molecule is CCn1c(-c2n[nH]c3ccccc23)n[nH]c1=S. The molecule has 0 fully saturated rings. The Bertz CT molecular complexity index is 721. The Kier molecular flexibility index (Phi) is 2.29. The third kappa shape index (κ3) is 1.49. The van der Waals surface area contributed by atoms with Gasteiger partial charge in [-0.25, -0.2) is 0 Å². The van der Waals surface area contributed by atoms with E-state index in [-0.39, 0.29) is 0 Å². The Morgan fingerprint density at radius 1 is 1.24 bits per heavy atom. The first kappa shape index (κ1) is 10.2. The number of fused-ring (bicyclic) bond motifs is 1. The van der Waals surface area contributed by atoms with Crippen molar-refractivity contribution in [1.29, 1.82) is 0 Å². The molecule has 0 bridgehead atoms. The molecule has 17 heavy (non-hydrogen) atoms. The molecule has 0 aliphatic heterocycles. The van der Waals surface area contributed by atoms with Gasteiger partial charge in [0.1, 0.15) is 5.69 Å². The van der Waals surface area contributed by atoms with Gasteiger partial charge in [-0.2, -0.15) is 10.2 Å². The summed E-state index contributed by atoms with van der Waals surface area (Å²) in [7, 11) is 0. The highest BCUT2D eigenvalue weighted by Gasteiger charge is 2.13. The maximum absolute atomic E-state index is 5.18. The van der Waals surface area contributed by atoms with E-state index in [1.54, 1.807) is 0 Å². The van der Waals surface area contributed by atoms with E-state index in [1.165, 1.54) is 0 Å². The second kappa shape index (κ2) is 3.81. The summed E-state index contributed by atoms with van der Waals surface area (Å²) in [4.78, 5) is 0. The molecular formula is C11H11N5S. The number of hydrogen-bond donors (Lipinski definition) is 2. The number of nitrogens with one attached hydrogen (secondary N) is 2. The molecule has 0 saturated heterocycles. The lowest BCUT2D eigenvalue weighted by atomic mass is 10.2. The van der Waals surface area contributed by atoms with E-state index in [2.05, 4.69) is 20.4 Å². The average Bonchev–Trinajstić information content (AvgIpc) is 2.92. The van der Waals surface area contributed by atoms with Crippen molar-refractivity contribution in [2.24, 2.45) is 0 Å². The van der Waals surface area contributed by atoms with E-state index in [4.69, 9.17) is 12.2 Å². The molecule has 0 radical (unpaired) electrons. The fourth-order valence-electron chi connectivity index (χ4n) is 1.93. The third-order valence-corrected chi connectivity index (χ3v) is 3.07. The predicted octanol–water partition coefficient (Wildman–Crippen LogP) is 2.50. The van der Waals surface area contributed by atoms with Crippen LogP contribution in [0.2, 0.25) is 0 Å². The van der Waals surface area contributed by atoms with Crippen molar-refractivity contribution < 1.29 is 0 Å². The van der Waals surface area contributed by atoms with Gasteiger partial charge in [-0.1, -0.05) is 18.2 Å². The Morgan fingerprint density at radius 2 is 2.06 bits per heavy atom. The number of nitrogens with zero attached hydrogens (tertiary/aromatic N) is 3. The van der Waals surface area contributed by atoms with Gasteiger partial charge < -0.3 is 0 Å². The van der Waals surface area contributed by atoms with Crippen LogP contribution in [0, 0.1) is 4.77 Å². The first-order valence-electron chi connectivity index (χ1n) is 5.40. The molecule has 0 aliphatic carbocycles. The molecule has 86 valence electrons. The van der Waals surface area contributed by atoms with Crippen LogP contribution in [0.15, 0.2) is 24.3 Å². The Labute approximate surface area is 102 Å². The number of H-pyrrole nitrogens is 2. The maximum atomic E-state index is 5.18. The molecule has 0 aliphatic rings. The first-order chi connectivity index (χ1) is 8.31. The van der Waals surface area contributed by atoms with Crippen molar-refractivity contribution in [1.82, 2.24) is 25.0 Å². The molecule has 3 rings (SSSR count). The Hall–Kier alpha value is -1.95. The van der Waals surface area contributed by atoms with Crippen LogP contribution in [0.1, 0.15) is 6.92 Å². The molecular weight excluding hydrogens is 234 g/mol. The van der Waals surface area contributed by atoms with Crippen molar-refractivity contribution in [3.63, 3.8) is 0 Å². The first-order valence-corrected chi connectivity index (χ1v) is 5.80. The van der Waals surface area contributed by atoms with Crippen LogP contribution in [0.3, 0.4) is 0 Å². The van der Waals surface area contributed by atoms with Crippen molar-refractivity contribution in [3.05, 3.63) is 29.0 Å². The normalized spacial score (nSPS) is 11.1. The molecule has 0 unspecified atom stereocenters. The summed E-state index contributed by atoms with van der Waals surface area (Å²) in [5.74, 6) is 0.773. The second-order valence-electron chi connectivity index (χ2n) is 3.71. The van der Waals surface area contributed by atoms with Gasteiger partial charge in [0.05, 0.1) is 5.52 Å². The highest BCUT2D eigenvalue weighted by Crippen LogP contribution is 2.24. The molecule has 2 N–H and O–H groups in total. The fraction of sp³-hybridized carbons (Fsp3) is 0.182. The van der Waals surface area contributed by atoms with Gasteiger partial charge in [0, 0.05) is 11.9 Å². The topological polar surface area (TPSA) is 62.3 Å². The molecule has 0 atom stereocenters. The standard InChI is InChI=1S/C11H11N5S/c1-2-16-10(14-15-11(16)17)9-7-5-3-4-6-8(7)12-13-9/h3-6H,2H2,1H3,(H,12,13)(H,15,17). The predicted molar refractivity (Wildman–Crippen MR) is 68.2 cm³/mol. The van der Waals surface area contributed by atoms with Gasteiger partial charge in [-0.15, -0.1) is 0 Å². The zero-order valence-corrected chi connectivity index (χ0v) is 10.1. The lowest BCUT2D eigenvalue weighted by Gasteiger charge is -2.00. The molecule has 2 aromatic heterocycles. The van der Waals surface area contributed by atoms with E-state index in [0.717, 1.165) is 29.0 Å². The average molecular weight is 245 g/mol. The molecule has 3 aromatic rings. The van der Waals surface area contributed by atoms with E-state index < -0.39 is 0 Å². The van der Waals surface area contributed by atoms with E-state index >= 15 is 0 Å². The molecule has 1 aromatic carbocycles. The highest BCUT2D eigenvalue weighted by molar-refractivity contribution is 7.71. The van der Waals surface area contributed by atoms with Gasteiger partial charge >= 0.3 is 0 Å². The number of hydrogen-bond acceptors (Lipinski definition) is 3. The monoisotopic (exact) mass is 245 g/mol. The van der Waals surface area contributed by atoms with E-state index in [9.17, 15) is 0 Å².